The van der Waals surface area contributed by atoms with Crippen LogP contribution >= 0.6 is 0 Å². The second kappa shape index (κ2) is 4.97. The highest BCUT2D eigenvalue weighted by molar-refractivity contribution is 5.27. The number of nitrogens with one attached hydrogen (secondary N) is 1. The highest BCUT2D eigenvalue weighted by Crippen LogP contribution is 2.11. The number of rotatable bonds is 4. The van der Waals surface area contributed by atoms with E-state index in [2.05, 4.69) is 46.8 Å². The summed E-state index contributed by atoms with van der Waals surface area (Å²) >= 11 is 0. The SMILES string of the molecule is Cc1ccccc1CCc1nnc(NN)n1C. The smallest absolute Gasteiger partial charge is 0.238 e. The average Bonchev–Trinajstić information content (AvgIpc) is 2.69. The highest BCUT2D eigenvalue weighted by atomic mass is 15.4. The molecule has 1 heterocycles. The van der Waals surface area contributed by atoms with Crippen LogP contribution in [0.5, 0.6) is 0 Å². The highest BCUT2D eigenvalue weighted by Gasteiger charge is 2.07. The van der Waals surface area contributed by atoms with Crippen molar-refractivity contribution in [1.29, 1.82) is 0 Å². The van der Waals surface area contributed by atoms with Crippen molar-refractivity contribution in [3.63, 3.8) is 0 Å². The Morgan fingerprint density at radius 1 is 1.24 bits per heavy atom. The van der Waals surface area contributed by atoms with E-state index in [1.54, 1.807) is 0 Å². The first kappa shape index (κ1) is 11.6. The zero-order valence-corrected chi connectivity index (χ0v) is 10.1. The topological polar surface area (TPSA) is 68.8 Å². The Balaban J connectivity index is 2.07. The van der Waals surface area contributed by atoms with E-state index >= 15 is 0 Å². The van der Waals surface area contributed by atoms with Crippen molar-refractivity contribution in [2.75, 3.05) is 5.43 Å². The normalized spacial score (nSPS) is 10.5. The second-order valence-corrected chi connectivity index (χ2v) is 4.07. The molecule has 5 nitrogen and oxygen atoms in total. The standard InChI is InChI=1S/C12H17N5/c1-9-5-3-4-6-10(9)7-8-11-15-16-12(14-13)17(11)2/h3-6H,7-8,13H2,1-2H3,(H,14,16). The lowest BCUT2D eigenvalue weighted by Crippen LogP contribution is -2.12. The number of nitrogens with two attached hydrogens (primary N) is 1. The Hall–Kier alpha value is -1.88. The maximum absolute atomic E-state index is 5.32. The van der Waals surface area contributed by atoms with Gasteiger partial charge in [0.05, 0.1) is 0 Å². The Morgan fingerprint density at radius 2 is 2.00 bits per heavy atom. The van der Waals surface area contributed by atoms with Gasteiger partial charge in [0.25, 0.3) is 0 Å². The van der Waals surface area contributed by atoms with Crippen LogP contribution in [0.15, 0.2) is 24.3 Å². The molecular formula is C12H17N5. The summed E-state index contributed by atoms with van der Waals surface area (Å²) in [6, 6.07) is 8.39. The van der Waals surface area contributed by atoms with Crippen LogP contribution in [-0.4, -0.2) is 14.8 Å². The molecule has 5 heteroatoms. The molecule has 2 rings (SSSR count). The summed E-state index contributed by atoms with van der Waals surface area (Å²) in [7, 11) is 1.91. The maximum Gasteiger partial charge on any atom is 0.238 e. The molecule has 0 saturated carbocycles. The number of nitrogens with zero attached hydrogens (tertiary/aromatic N) is 3. The molecule has 0 saturated heterocycles. The van der Waals surface area contributed by atoms with Crippen LogP contribution in [0.3, 0.4) is 0 Å². The molecule has 0 aliphatic rings. The largest absolute Gasteiger partial charge is 0.300 e. The fourth-order valence-corrected chi connectivity index (χ4v) is 1.84. The molecule has 1 aromatic heterocycles. The van der Waals surface area contributed by atoms with Gasteiger partial charge in [0.2, 0.25) is 5.95 Å². The minimum absolute atomic E-state index is 0.588. The van der Waals surface area contributed by atoms with Crippen molar-refractivity contribution in [1.82, 2.24) is 14.8 Å². The Kier molecular flexibility index (Phi) is 3.39. The van der Waals surface area contributed by atoms with E-state index in [4.69, 9.17) is 5.84 Å². The Morgan fingerprint density at radius 3 is 2.65 bits per heavy atom. The predicted octanol–water partition coefficient (Wildman–Crippen LogP) is 1.19. The van der Waals surface area contributed by atoms with Crippen LogP contribution in [0, 0.1) is 6.92 Å². The third-order valence-electron chi connectivity index (χ3n) is 2.97. The molecule has 0 aliphatic carbocycles. The number of nitrogen functional groups attached to an aromatic ring is 1. The van der Waals surface area contributed by atoms with E-state index in [0.717, 1.165) is 18.7 Å². The van der Waals surface area contributed by atoms with Crippen molar-refractivity contribution >= 4 is 5.95 Å². The van der Waals surface area contributed by atoms with Crippen LogP contribution in [0.4, 0.5) is 5.95 Å². The van der Waals surface area contributed by atoms with E-state index < -0.39 is 0 Å². The summed E-state index contributed by atoms with van der Waals surface area (Å²) in [6.07, 6.45) is 1.82. The Bertz CT molecular complexity index is 503. The molecule has 0 unspecified atom stereocenters. The first-order chi connectivity index (χ1) is 8.22. The molecule has 1 aromatic carbocycles. The van der Waals surface area contributed by atoms with Crippen molar-refractivity contribution in [3.05, 3.63) is 41.2 Å². The van der Waals surface area contributed by atoms with Gasteiger partial charge in [0, 0.05) is 13.5 Å². The Labute approximate surface area is 101 Å². The van der Waals surface area contributed by atoms with Crippen LogP contribution in [-0.2, 0) is 19.9 Å². The van der Waals surface area contributed by atoms with Gasteiger partial charge in [0.15, 0.2) is 0 Å². The van der Waals surface area contributed by atoms with Gasteiger partial charge in [-0.05, 0) is 24.5 Å². The number of anilines is 1. The quantitative estimate of drug-likeness (QED) is 0.612. The van der Waals surface area contributed by atoms with E-state index in [-0.39, 0.29) is 0 Å². The summed E-state index contributed by atoms with van der Waals surface area (Å²) in [4.78, 5) is 0. The fourth-order valence-electron chi connectivity index (χ4n) is 1.84. The van der Waals surface area contributed by atoms with Gasteiger partial charge in [-0.2, -0.15) is 0 Å². The second-order valence-electron chi connectivity index (χ2n) is 4.07. The van der Waals surface area contributed by atoms with Gasteiger partial charge in [0.1, 0.15) is 5.82 Å². The summed E-state index contributed by atoms with van der Waals surface area (Å²) < 4.78 is 1.87. The number of hydrogen-bond donors (Lipinski definition) is 2. The maximum atomic E-state index is 5.32. The van der Waals surface area contributed by atoms with Crippen LogP contribution in [0.1, 0.15) is 17.0 Å². The number of aromatic nitrogens is 3. The minimum atomic E-state index is 0.588. The molecule has 0 atom stereocenters. The van der Waals surface area contributed by atoms with Crippen LogP contribution in [0.2, 0.25) is 0 Å². The third-order valence-corrected chi connectivity index (χ3v) is 2.97. The van der Waals surface area contributed by atoms with Gasteiger partial charge < -0.3 is 0 Å². The molecule has 0 amide bonds. The predicted molar refractivity (Wildman–Crippen MR) is 67.4 cm³/mol. The van der Waals surface area contributed by atoms with Gasteiger partial charge in [-0.1, -0.05) is 24.3 Å². The molecule has 0 spiro atoms. The molecule has 0 aliphatic heterocycles. The van der Waals surface area contributed by atoms with E-state index in [9.17, 15) is 0 Å². The van der Waals surface area contributed by atoms with Gasteiger partial charge in [-0.15, -0.1) is 10.2 Å². The number of hydrogen-bond acceptors (Lipinski definition) is 4. The average molecular weight is 231 g/mol. The number of hydrazine groups is 1. The van der Waals surface area contributed by atoms with Gasteiger partial charge >= 0.3 is 0 Å². The molecule has 2 aromatic rings. The molecular weight excluding hydrogens is 214 g/mol. The van der Waals surface area contributed by atoms with E-state index in [0.29, 0.717) is 5.95 Å². The molecule has 0 bridgehead atoms. The van der Waals surface area contributed by atoms with Crippen LogP contribution < -0.4 is 11.3 Å². The molecule has 90 valence electrons. The van der Waals surface area contributed by atoms with Crippen LogP contribution in [0.25, 0.3) is 0 Å². The molecule has 17 heavy (non-hydrogen) atoms. The summed E-state index contributed by atoms with van der Waals surface area (Å²) in [6.45, 7) is 2.12. The monoisotopic (exact) mass is 231 g/mol. The summed E-state index contributed by atoms with van der Waals surface area (Å²) in [5.74, 6) is 6.84. The lowest BCUT2D eigenvalue weighted by atomic mass is 10.0. The number of aryl methyl sites for hydroxylation is 3. The summed E-state index contributed by atoms with van der Waals surface area (Å²) in [5.41, 5.74) is 5.17. The first-order valence-electron chi connectivity index (χ1n) is 5.61. The lowest BCUT2D eigenvalue weighted by Gasteiger charge is -2.05. The minimum Gasteiger partial charge on any atom is -0.300 e. The van der Waals surface area contributed by atoms with E-state index in [1.165, 1.54) is 11.1 Å². The first-order valence-corrected chi connectivity index (χ1v) is 5.61. The van der Waals surface area contributed by atoms with Gasteiger partial charge in [-0.3, -0.25) is 9.99 Å². The fraction of sp³-hybridized carbons (Fsp3) is 0.333. The molecule has 3 N–H and O–H groups in total. The molecule has 0 fully saturated rings. The van der Waals surface area contributed by atoms with Gasteiger partial charge in [-0.25, -0.2) is 5.84 Å². The van der Waals surface area contributed by atoms with E-state index in [1.807, 2.05) is 11.6 Å². The van der Waals surface area contributed by atoms with Crippen molar-refractivity contribution < 1.29 is 0 Å². The third kappa shape index (κ3) is 2.45. The zero-order chi connectivity index (χ0) is 12.3. The van der Waals surface area contributed by atoms with Crippen molar-refractivity contribution in [2.24, 2.45) is 12.9 Å². The van der Waals surface area contributed by atoms with Crippen molar-refractivity contribution in [3.8, 4) is 0 Å². The summed E-state index contributed by atoms with van der Waals surface area (Å²) in [5, 5.41) is 8.05. The lowest BCUT2D eigenvalue weighted by molar-refractivity contribution is 0.769. The molecule has 0 radical (unpaired) electrons. The zero-order valence-electron chi connectivity index (χ0n) is 10.1. The number of benzene rings is 1. The van der Waals surface area contributed by atoms with Crippen molar-refractivity contribution in [2.45, 2.75) is 19.8 Å².